The maximum absolute atomic E-state index is 3.98. The van der Waals surface area contributed by atoms with Crippen LogP contribution in [0.4, 0.5) is 0 Å². The lowest BCUT2D eigenvalue weighted by Crippen LogP contribution is -2.24. The Hall–Kier alpha value is -0.500. The SMILES string of the molecule is C=C(CC(C)CNC)NC(C)C. The van der Waals surface area contributed by atoms with Crippen LogP contribution in [0, 0.1) is 5.92 Å². The quantitative estimate of drug-likeness (QED) is 0.634. The van der Waals surface area contributed by atoms with Crippen LogP contribution in [0.1, 0.15) is 27.2 Å². The lowest BCUT2D eigenvalue weighted by molar-refractivity contribution is 0.510. The van der Waals surface area contributed by atoms with Crippen LogP contribution in [0.3, 0.4) is 0 Å². The molecule has 2 N–H and O–H groups in total. The highest BCUT2D eigenvalue weighted by Crippen LogP contribution is 2.06. The average molecular weight is 170 g/mol. The Labute approximate surface area is 76.4 Å². The van der Waals surface area contributed by atoms with Gasteiger partial charge in [-0.15, -0.1) is 0 Å². The molecule has 0 radical (unpaired) electrons. The minimum absolute atomic E-state index is 0.499. The fraction of sp³-hybridized carbons (Fsp3) is 0.800. The lowest BCUT2D eigenvalue weighted by atomic mass is 10.1. The van der Waals surface area contributed by atoms with E-state index in [9.17, 15) is 0 Å². The third-order valence-corrected chi connectivity index (χ3v) is 1.64. The molecule has 0 spiro atoms. The summed E-state index contributed by atoms with van der Waals surface area (Å²) in [6, 6.07) is 0.499. The smallest absolute Gasteiger partial charge is 0.0201 e. The molecule has 0 bridgehead atoms. The van der Waals surface area contributed by atoms with E-state index in [2.05, 4.69) is 38.0 Å². The fourth-order valence-corrected chi connectivity index (χ4v) is 1.31. The summed E-state index contributed by atoms with van der Waals surface area (Å²) in [5.74, 6) is 0.661. The molecule has 0 saturated carbocycles. The Kier molecular flexibility index (Phi) is 5.81. The van der Waals surface area contributed by atoms with Crippen molar-refractivity contribution in [1.29, 1.82) is 0 Å². The van der Waals surface area contributed by atoms with Gasteiger partial charge in [-0.25, -0.2) is 0 Å². The maximum atomic E-state index is 3.98. The van der Waals surface area contributed by atoms with Gasteiger partial charge in [0.25, 0.3) is 0 Å². The third kappa shape index (κ3) is 6.23. The number of rotatable bonds is 6. The Morgan fingerprint density at radius 2 is 1.92 bits per heavy atom. The Morgan fingerprint density at radius 3 is 2.33 bits per heavy atom. The molecule has 0 aliphatic heterocycles. The molecule has 0 aromatic carbocycles. The summed E-state index contributed by atoms with van der Waals surface area (Å²) < 4.78 is 0. The zero-order chi connectivity index (χ0) is 9.56. The second kappa shape index (κ2) is 6.06. The minimum atomic E-state index is 0.499. The maximum Gasteiger partial charge on any atom is 0.0201 e. The second-order valence-corrected chi connectivity index (χ2v) is 3.77. The van der Waals surface area contributed by atoms with Crippen LogP contribution in [0.5, 0.6) is 0 Å². The Morgan fingerprint density at radius 1 is 1.33 bits per heavy atom. The topological polar surface area (TPSA) is 24.1 Å². The number of allylic oxidation sites excluding steroid dienone is 1. The first-order valence-electron chi connectivity index (χ1n) is 4.65. The minimum Gasteiger partial charge on any atom is -0.387 e. The van der Waals surface area contributed by atoms with Crippen LogP contribution in [-0.2, 0) is 0 Å². The van der Waals surface area contributed by atoms with Gasteiger partial charge < -0.3 is 10.6 Å². The van der Waals surface area contributed by atoms with Gasteiger partial charge in [0, 0.05) is 11.7 Å². The van der Waals surface area contributed by atoms with E-state index in [0.717, 1.165) is 18.7 Å². The molecule has 0 aromatic rings. The van der Waals surface area contributed by atoms with Crippen LogP contribution in [-0.4, -0.2) is 19.6 Å². The molecule has 0 saturated heterocycles. The standard InChI is InChI=1S/C10H22N2/c1-8(2)12-10(4)6-9(3)7-11-5/h8-9,11-12H,4,6-7H2,1-3,5H3. The molecular formula is C10H22N2. The third-order valence-electron chi connectivity index (χ3n) is 1.64. The van der Waals surface area contributed by atoms with Gasteiger partial charge in [0.05, 0.1) is 0 Å². The first-order valence-corrected chi connectivity index (χ1v) is 4.65. The molecule has 2 nitrogen and oxygen atoms in total. The van der Waals surface area contributed by atoms with Crippen molar-refractivity contribution in [2.24, 2.45) is 5.92 Å². The summed E-state index contributed by atoms with van der Waals surface area (Å²) in [7, 11) is 1.98. The van der Waals surface area contributed by atoms with E-state index in [1.54, 1.807) is 0 Å². The molecule has 0 aromatic heterocycles. The van der Waals surface area contributed by atoms with Crippen molar-refractivity contribution in [1.82, 2.24) is 10.6 Å². The monoisotopic (exact) mass is 170 g/mol. The summed E-state index contributed by atoms with van der Waals surface area (Å²) >= 11 is 0. The lowest BCUT2D eigenvalue weighted by Gasteiger charge is -2.16. The van der Waals surface area contributed by atoms with Gasteiger partial charge in [0.15, 0.2) is 0 Å². The molecule has 0 rings (SSSR count). The molecular weight excluding hydrogens is 148 g/mol. The van der Waals surface area contributed by atoms with Crippen LogP contribution in [0.25, 0.3) is 0 Å². The van der Waals surface area contributed by atoms with Gasteiger partial charge in [0.2, 0.25) is 0 Å². The fourth-order valence-electron chi connectivity index (χ4n) is 1.31. The Balaban J connectivity index is 3.54. The molecule has 0 heterocycles. The number of hydrogen-bond acceptors (Lipinski definition) is 2. The molecule has 0 amide bonds. The predicted octanol–water partition coefficient (Wildman–Crippen LogP) is 1.74. The van der Waals surface area contributed by atoms with Crippen LogP contribution < -0.4 is 10.6 Å². The van der Waals surface area contributed by atoms with Crippen molar-refractivity contribution in [2.75, 3.05) is 13.6 Å². The molecule has 0 aliphatic rings. The van der Waals surface area contributed by atoms with Gasteiger partial charge in [-0.2, -0.15) is 0 Å². The highest BCUT2D eigenvalue weighted by molar-refractivity contribution is 4.93. The van der Waals surface area contributed by atoms with Gasteiger partial charge in [0.1, 0.15) is 0 Å². The summed E-state index contributed by atoms with van der Waals surface area (Å²) in [5, 5.41) is 6.47. The molecule has 2 heteroatoms. The summed E-state index contributed by atoms with van der Waals surface area (Å²) in [4.78, 5) is 0. The van der Waals surface area contributed by atoms with E-state index < -0.39 is 0 Å². The molecule has 12 heavy (non-hydrogen) atoms. The van der Waals surface area contributed by atoms with E-state index in [1.165, 1.54) is 0 Å². The molecule has 1 atom stereocenters. The van der Waals surface area contributed by atoms with Crippen molar-refractivity contribution < 1.29 is 0 Å². The van der Waals surface area contributed by atoms with Gasteiger partial charge >= 0.3 is 0 Å². The van der Waals surface area contributed by atoms with Crippen LogP contribution in [0.2, 0.25) is 0 Å². The van der Waals surface area contributed by atoms with Crippen molar-refractivity contribution >= 4 is 0 Å². The number of hydrogen-bond donors (Lipinski definition) is 2. The first-order chi connectivity index (χ1) is 5.56. The van der Waals surface area contributed by atoms with E-state index in [0.29, 0.717) is 12.0 Å². The molecule has 0 fully saturated rings. The normalized spacial score (nSPS) is 13.1. The van der Waals surface area contributed by atoms with E-state index in [4.69, 9.17) is 0 Å². The van der Waals surface area contributed by atoms with E-state index >= 15 is 0 Å². The molecule has 72 valence electrons. The molecule has 1 unspecified atom stereocenters. The predicted molar refractivity (Wildman–Crippen MR) is 55.1 cm³/mol. The summed E-state index contributed by atoms with van der Waals surface area (Å²) in [6.45, 7) is 11.5. The van der Waals surface area contributed by atoms with E-state index in [1.807, 2.05) is 7.05 Å². The highest BCUT2D eigenvalue weighted by atomic mass is 14.9. The van der Waals surface area contributed by atoms with Crippen molar-refractivity contribution in [3.05, 3.63) is 12.3 Å². The zero-order valence-corrected chi connectivity index (χ0v) is 8.78. The summed E-state index contributed by atoms with van der Waals surface area (Å²) in [6.07, 6.45) is 1.05. The highest BCUT2D eigenvalue weighted by Gasteiger charge is 2.03. The van der Waals surface area contributed by atoms with Crippen LogP contribution >= 0.6 is 0 Å². The number of nitrogens with one attached hydrogen (secondary N) is 2. The van der Waals surface area contributed by atoms with Crippen molar-refractivity contribution in [2.45, 2.75) is 33.2 Å². The average Bonchev–Trinajstić information content (AvgIpc) is 1.84. The van der Waals surface area contributed by atoms with Crippen molar-refractivity contribution in [3.8, 4) is 0 Å². The van der Waals surface area contributed by atoms with E-state index in [-0.39, 0.29) is 0 Å². The van der Waals surface area contributed by atoms with Gasteiger partial charge in [-0.1, -0.05) is 13.5 Å². The molecule has 0 aliphatic carbocycles. The van der Waals surface area contributed by atoms with Gasteiger partial charge in [-0.3, -0.25) is 0 Å². The largest absolute Gasteiger partial charge is 0.387 e. The zero-order valence-electron chi connectivity index (χ0n) is 8.78. The second-order valence-electron chi connectivity index (χ2n) is 3.77. The van der Waals surface area contributed by atoms with Crippen molar-refractivity contribution in [3.63, 3.8) is 0 Å². The summed E-state index contributed by atoms with van der Waals surface area (Å²) in [5.41, 5.74) is 1.15. The van der Waals surface area contributed by atoms with Crippen LogP contribution in [0.15, 0.2) is 12.3 Å². The first kappa shape index (κ1) is 11.5. The Bertz CT molecular complexity index is 130. The van der Waals surface area contributed by atoms with Gasteiger partial charge in [-0.05, 0) is 39.8 Å².